The Kier molecular flexibility index (Phi) is 4.91. The van der Waals surface area contributed by atoms with E-state index < -0.39 is 0 Å². The lowest BCUT2D eigenvalue weighted by Crippen LogP contribution is -1.89. The number of aromatic nitrogens is 4. The van der Waals surface area contributed by atoms with Crippen molar-refractivity contribution in [2.24, 2.45) is 0 Å². The van der Waals surface area contributed by atoms with Gasteiger partial charge in [-0.3, -0.25) is 0 Å². The molecule has 0 bridgehead atoms. The highest BCUT2D eigenvalue weighted by atomic mass is 33.1. The van der Waals surface area contributed by atoms with E-state index in [0.29, 0.717) is 5.88 Å². The maximum Gasteiger partial charge on any atom is 0.233 e. The zero-order chi connectivity index (χ0) is 17.1. The number of ether oxygens (including phenoxy) is 1. The molecule has 0 saturated heterocycles. The largest absolute Gasteiger partial charge is 0.481 e. The summed E-state index contributed by atoms with van der Waals surface area (Å²) in [5.41, 5.74) is 2.06. The van der Waals surface area contributed by atoms with Crippen molar-refractivity contribution in [2.75, 3.05) is 7.11 Å². The van der Waals surface area contributed by atoms with Crippen LogP contribution in [0.4, 0.5) is 0 Å². The van der Waals surface area contributed by atoms with Gasteiger partial charge in [-0.25, -0.2) is 0 Å². The highest BCUT2D eigenvalue weighted by Crippen LogP contribution is 2.40. The van der Waals surface area contributed by atoms with E-state index >= 15 is 0 Å². The molecule has 1 unspecified atom stereocenters. The SMILES string of the molecule is COc1ccc2c[s+](Sc3nnc(CCc4ccccc4)s3)nc2n1. The number of rotatable bonds is 6. The topological polar surface area (TPSA) is 60.8 Å². The second-order valence-corrected chi connectivity index (χ2v) is 9.65. The van der Waals surface area contributed by atoms with Crippen LogP contribution in [0.5, 0.6) is 5.88 Å². The van der Waals surface area contributed by atoms with E-state index in [-0.39, 0.29) is 9.70 Å². The molecule has 126 valence electrons. The van der Waals surface area contributed by atoms with Gasteiger partial charge in [0.05, 0.1) is 12.5 Å². The fourth-order valence-corrected chi connectivity index (χ4v) is 6.65. The standard InChI is InChI=1S/C17H15N4OS3/c1-22-14-9-8-13-11-25(21-16(13)18-14)24-17-20-19-15(23-17)10-7-12-5-3-2-4-6-12/h2-6,8-9,11H,7,10H2,1H3/q+1. The van der Waals surface area contributed by atoms with Crippen LogP contribution in [-0.4, -0.2) is 26.7 Å². The predicted octanol–water partition coefficient (Wildman–Crippen LogP) is 4.58. The smallest absolute Gasteiger partial charge is 0.233 e. The molecule has 25 heavy (non-hydrogen) atoms. The van der Waals surface area contributed by atoms with E-state index in [1.54, 1.807) is 29.2 Å². The van der Waals surface area contributed by atoms with E-state index in [9.17, 15) is 0 Å². The van der Waals surface area contributed by atoms with Gasteiger partial charge in [-0.05, 0) is 22.4 Å². The van der Waals surface area contributed by atoms with Gasteiger partial charge in [0.25, 0.3) is 0 Å². The van der Waals surface area contributed by atoms with Crippen LogP contribution in [0.1, 0.15) is 10.6 Å². The summed E-state index contributed by atoms with van der Waals surface area (Å²) in [7, 11) is 2.94. The van der Waals surface area contributed by atoms with Gasteiger partial charge in [0, 0.05) is 12.5 Å². The van der Waals surface area contributed by atoms with Crippen molar-refractivity contribution < 1.29 is 4.74 Å². The third kappa shape index (κ3) is 3.97. The Balaban J connectivity index is 1.44. The minimum Gasteiger partial charge on any atom is -0.481 e. The van der Waals surface area contributed by atoms with Crippen LogP contribution in [0.2, 0.25) is 0 Å². The molecular formula is C17H15N4OS3+. The molecule has 4 rings (SSSR count). The second kappa shape index (κ2) is 7.47. The zero-order valence-electron chi connectivity index (χ0n) is 13.5. The monoisotopic (exact) mass is 387 g/mol. The summed E-state index contributed by atoms with van der Waals surface area (Å²) in [5, 5.41) is 12.8. The van der Waals surface area contributed by atoms with Crippen molar-refractivity contribution >= 4 is 42.9 Å². The average molecular weight is 388 g/mol. The lowest BCUT2D eigenvalue weighted by atomic mass is 10.1. The lowest BCUT2D eigenvalue weighted by Gasteiger charge is -1.96. The number of benzene rings is 1. The predicted molar refractivity (Wildman–Crippen MR) is 104 cm³/mol. The van der Waals surface area contributed by atoms with Crippen LogP contribution in [-0.2, 0) is 12.8 Å². The molecule has 0 aliphatic heterocycles. The number of hydrogen-bond donors (Lipinski definition) is 0. The van der Waals surface area contributed by atoms with Crippen LogP contribution in [0.15, 0.2) is 52.2 Å². The summed E-state index contributed by atoms with van der Waals surface area (Å²) in [6.45, 7) is 0. The van der Waals surface area contributed by atoms with Crippen LogP contribution in [0.25, 0.3) is 11.0 Å². The van der Waals surface area contributed by atoms with Gasteiger partial charge in [0.15, 0.2) is 15.1 Å². The summed E-state index contributed by atoms with van der Waals surface area (Å²) in [6, 6.07) is 14.3. The summed E-state index contributed by atoms with van der Waals surface area (Å²) < 4.78 is 10.7. The minimum atomic E-state index is -0.305. The minimum absolute atomic E-state index is 0.305. The van der Waals surface area contributed by atoms with Gasteiger partial charge < -0.3 is 4.74 Å². The molecule has 5 nitrogen and oxygen atoms in total. The van der Waals surface area contributed by atoms with Gasteiger partial charge in [0.1, 0.15) is 5.01 Å². The average Bonchev–Trinajstić information content (AvgIpc) is 3.26. The Bertz CT molecular complexity index is 984. The Morgan fingerprint density at radius 2 is 1.96 bits per heavy atom. The normalized spacial score (nSPS) is 11.8. The summed E-state index contributed by atoms with van der Waals surface area (Å²) in [5.74, 6) is 0.588. The fourth-order valence-electron chi connectivity index (χ4n) is 2.33. The molecule has 1 aromatic carbocycles. The number of aryl methyl sites for hydroxylation is 2. The van der Waals surface area contributed by atoms with Gasteiger partial charge in [0.2, 0.25) is 26.7 Å². The zero-order valence-corrected chi connectivity index (χ0v) is 15.9. The van der Waals surface area contributed by atoms with E-state index in [0.717, 1.165) is 33.2 Å². The molecule has 3 heterocycles. The number of methoxy groups -OCH3 is 1. The first-order valence-electron chi connectivity index (χ1n) is 7.69. The Morgan fingerprint density at radius 1 is 1.08 bits per heavy atom. The van der Waals surface area contributed by atoms with E-state index in [4.69, 9.17) is 4.74 Å². The number of pyridine rings is 1. The van der Waals surface area contributed by atoms with Crippen LogP contribution >= 0.6 is 31.8 Å². The molecule has 0 spiro atoms. The Hall–Kier alpha value is -2.03. The first-order valence-corrected chi connectivity index (χ1v) is 11.1. The first kappa shape index (κ1) is 16.4. The van der Waals surface area contributed by atoms with Crippen molar-refractivity contribution in [3.05, 3.63) is 58.4 Å². The number of fused-ring (bicyclic) bond motifs is 1. The van der Waals surface area contributed by atoms with Crippen molar-refractivity contribution in [3.63, 3.8) is 0 Å². The first-order chi connectivity index (χ1) is 12.3. The molecule has 0 N–H and O–H groups in total. The van der Waals surface area contributed by atoms with Crippen molar-refractivity contribution in [1.29, 1.82) is 0 Å². The Morgan fingerprint density at radius 3 is 2.80 bits per heavy atom. The third-order valence-corrected chi connectivity index (χ3v) is 7.86. The molecular weight excluding hydrogens is 372 g/mol. The van der Waals surface area contributed by atoms with Crippen LogP contribution in [0, 0.1) is 0 Å². The molecule has 1 atom stereocenters. The van der Waals surface area contributed by atoms with Crippen LogP contribution in [0.3, 0.4) is 0 Å². The van der Waals surface area contributed by atoms with Crippen molar-refractivity contribution in [1.82, 2.24) is 19.6 Å². The van der Waals surface area contributed by atoms with Crippen molar-refractivity contribution in [2.45, 2.75) is 17.2 Å². The van der Waals surface area contributed by atoms with Gasteiger partial charge in [-0.15, -0.1) is 10.2 Å². The van der Waals surface area contributed by atoms with Crippen molar-refractivity contribution in [3.8, 4) is 5.88 Å². The molecule has 0 fully saturated rings. The molecule has 0 aliphatic carbocycles. The molecule has 8 heteroatoms. The van der Waals surface area contributed by atoms with E-state index in [1.165, 1.54) is 5.56 Å². The van der Waals surface area contributed by atoms with E-state index in [2.05, 4.69) is 49.2 Å². The number of hydrogen-bond acceptors (Lipinski definition) is 7. The summed E-state index contributed by atoms with van der Waals surface area (Å²) >= 11 is 1.65. The molecule has 0 aliphatic rings. The molecule has 0 radical (unpaired) electrons. The molecule has 0 amide bonds. The van der Waals surface area contributed by atoms with Crippen LogP contribution < -0.4 is 4.74 Å². The number of nitrogens with zero attached hydrogens (tertiary/aromatic N) is 4. The molecule has 0 saturated carbocycles. The quantitative estimate of drug-likeness (QED) is 0.356. The van der Waals surface area contributed by atoms with Gasteiger partial charge in [-0.1, -0.05) is 41.7 Å². The fraction of sp³-hybridized carbons (Fsp3) is 0.176. The van der Waals surface area contributed by atoms with E-state index in [1.807, 2.05) is 18.2 Å². The highest BCUT2D eigenvalue weighted by Gasteiger charge is 2.19. The molecule has 3 aromatic heterocycles. The maximum atomic E-state index is 5.15. The highest BCUT2D eigenvalue weighted by molar-refractivity contribution is 8.45. The molecule has 4 aromatic rings. The summed E-state index contributed by atoms with van der Waals surface area (Å²) in [4.78, 5) is 4.37. The summed E-state index contributed by atoms with van der Waals surface area (Å²) in [6.07, 6.45) is 1.90. The maximum absolute atomic E-state index is 5.15. The third-order valence-electron chi connectivity index (χ3n) is 3.57. The lowest BCUT2D eigenvalue weighted by molar-refractivity contribution is 0.399. The van der Waals surface area contributed by atoms with Gasteiger partial charge >= 0.3 is 0 Å². The Labute approximate surface area is 155 Å². The van der Waals surface area contributed by atoms with Gasteiger partial charge in [-0.2, -0.15) is 4.98 Å². The second-order valence-electron chi connectivity index (χ2n) is 5.28.